The van der Waals surface area contributed by atoms with Crippen molar-refractivity contribution in [3.8, 4) is 0 Å². The summed E-state index contributed by atoms with van der Waals surface area (Å²) in [5, 5.41) is 6.31. The van der Waals surface area contributed by atoms with Gasteiger partial charge in [0.2, 0.25) is 5.91 Å². The fraction of sp³-hybridized carbons (Fsp3) is 0.0952. The SMILES string of the molecule is CNc1ccccc1C1(c2ccccc2)C(=O)Nc2ccccc21. The van der Waals surface area contributed by atoms with Crippen LogP contribution < -0.4 is 10.6 Å². The molecular weight excluding hydrogens is 296 g/mol. The average Bonchev–Trinajstić information content (AvgIpc) is 2.95. The highest BCUT2D eigenvalue weighted by Crippen LogP contribution is 2.49. The maximum Gasteiger partial charge on any atom is 0.244 e. The summed E-state index contributed by atoms with van der Waals surface area (Å²) in [5.74, 6) is -0.0161. The number of hydrogen-bond donors (Lipinski definition) is 2. The van der Waals surface area contributed by atoms with Gasteiger partial charge in [-0.05, 0) is 23.3 Å². The van der Waals surface area contributed by atoms with E-state index in [1.165, 1.54) is 0 Å². The largest absolute Gasteiger partial charge is 0.388 e. The second-order valence-electron chi connectivity index (χ2n) is 5.91. The first kappa shape index (κ1) is 14.5. The summed E-state index contributed by atoms with van der Waals surface area (Å²) >= 11 is 0. The van der Waals surface area contributed by atoms with Crippen molar-refractivity contribution in [3.63, 3.8) is 0 Å². The predicted molar refractivity (Wildman–Crippen MR) is 97.4 cm³/mol. The zero-order chi connectivity index (χ0) is 16.6. The van der Waals surface area contributed by atoms with Crippen molar-refractivity contribution in [2.24, 2.45) is 0 Å². The van der Waals surface area contributed by atoms with Crippen LogP contribution in [-0.2, 0) is 10.2 Å². The number of rotatable bonds is 3. The van der Waals surface area contributed by atoms with Crippen molar-refractivity contribution >= 4 is 17.3 Å². The van der Waals surface area contributed by atoms with Crippen molar-refractivity contribution in [3.05, 3.63) is 95.6 Å². The smallest absolute Gasteiger partial charge is 0.244 e. The summed E-state index contributed by atoms with van der Waals surface area (Å²) < 4.78 is 0. The Morgan fingerprint density at radius 3 is 2.17 bits per heavy atom. The Bertz CT molecular complexity index is 904. The topological polar surface area (TPSA) is 41.1 Å². The van der Waals surface area contributed by atoms with E-state index in [2.05, 4.69) is 10.6 Å². The summed E-state index contributed by atoms with van der Waals surface area (Å²) in [6, 6.07) is 25.9. The van der Waals surface area contributed by atoms with Crippen molar-refractivity contribution in [2.45, 2.75) is 5.41 Å². The molecule has 118 valence electrons. The summed E-state index contributed by atoms with van der Waals surface area (Å²) in [4.78, 5) is 13.3. The summed E-state index contributed by atoms with van der Waals surface area (Å²) in [6.45, 7) is 0. The van der Waals surface area contributed by atoms with Gasteiger partial charge < -0.3 is 10.6 Å². The van der Waals surface area contributed by atoms with Gasteiger partial charge >= 0.3 is 0 Å². The number of anilines is 2. The molecule has 1 atom stereocenters. The van der Waals surface area contributed by atoms with Gasteiger partial charge in [0, 0.05) is 24.0 Å². The first-order valence-corrected chi connectivity index (χ1v) is 8.02. The van der Waals surface area contributed by atoms with Crippen LogP contribution in [0, 0.1) is 0 Å². The molecule has 1 aliphatic heterocycles. The van der Waals surface area contributed by atoms with E-state index in [1.54, 1.807) is 0 Å². The van der Waals surface area contributed by atoms with E-state index in [0.717, 1.165) is 28.1 Å². The first-order chi connectivity index (χ1) is 11.8. The molecule has 0 saturated heterocycles. The number of nitrogens with one attached hydrogen (secondary N) is 2. The zero-order valence-corrected chi connectivity index (χ0v) is 13.4. The van der Waals surface area contributed by atoms with Crippen LogP contribution in [0.15, 0.2) is 78.9 Å². The van der Waals surface area contributed by atoms with E-state index in [0.29, 0.717) is 0 Å². The Labute approximate surface area is 141 Å². The second-order valence-corrected chi connectivity index (χ2v) is 5.91. The fourth-order valence-electron chi connectivity index (χ4n) is 3.68. The highest BCUT2D eigenvalue weighted by molar-refractivity contribution is 6.12. The van der Waals surface area contributed by atoms with Crippen LogP contribution in [0.1, 0.15) is 16.7 Å². The lowest BCUT2D eigenvalue weighted by atomic mass is 9.69. The Morgan fingerprint density at radius 1 is 0.792 bits per heavy atom. The molecule has 1 aliphatic rings. The van der Waals surface area contributed by atoms with E-state index in [1.807, 2.05) is 85.9 Å². The van der Waals surface area contributed by atoms with Gasteiger partial charge in [-0.3, -0.25) is 4.79 Å². The normalized spacial score (nSPS) is 18.8. The molecule has 1 heterocycles. The molecule has 3 heteroatoms. The monoisotopic (exact) mass is 314 g/mol. The van der Waals surface area contributed by atoms with E-state index in [-0.39, 0.29) is 5.91 Å². The van der Waals surface area contributed by atoms with Gasteiger partial charge in [0.25, 0.3) is 0 Å². The Balaban J connectivity index is 2.12. The Morgan fingerprint density at radius 2 is 1.42 bits per heavy atom. The van der Waals surface area contributed by atoms with E-state index < -0.39 is 5.41 Å². The molecule has 3 nitrogen and oxygen atoms in total. The first-order valence-electron chi connectivity index (χ1n) is 8.02. The molecule has 0 fully saturated rings. The van der Waals surface area contributed by atoms with Crippen molar-refractivity contribution in [1.82, 2.24) is 0 Å². The minimum atomic E-state index is -0.850. The van der Waals surface area contributed by atoms with Crippen LogP contribution in [-0.4, -0.2) is 13.0 Å². The molecule has 1 amide bonds. The number of hydrogen-bond acceptors (Lipinski definition) is 2. The lowest BCUT2D eigenvalue weighted by Gasteiger charge is -2.30. The molecule has 1 unspecified atom stereocenters. The molecule has 3 aromatic carbocycles. The molecule has 4 rings (SSSR count). The van der Waals surface area contributed by atoms with Gasteiger partial charge in [-0.2, -0.15) is 0 Å². The van der Waals surface area contributed by atoms with Crippen molar-refractivity contribution in [2.75, 3.05) is 17.7 Å². The summed E-state index contributed by atoms with van der Waals surface area (Å²) in [6.07, 6.45) is 0. The van der Waals surface area contributed by atoms with Crippen LogP contribution in [0.4, 0.5) is 11.4 Å². The molecule has 0 radical (unpaired) electrons. The Hall–Kier alpha value is -3.07. The van der Waals surface area contributed by atoms with E-state index in [4.69, 9.17) is 0 Å². The quantitative estimate of drug-likeness (QED) is 0.767. The highest BCUT2D eigenvalue weighted by atomic mass is 16.2. The third-order valence-corrected chi connectivity index (χ3v) is 4.73. The molecular formula is C21H18N2O. The lowest BCUT2D eigenvalue weighted by molar-refractivity contribution is -0.118. The predicted octanol–water partition coefficient (Wildman–Crippen LogP) is 4.01. The molecule has 3 aromatic rings. The molecule has 0 aromatic heterocycles. The minimum absolute atomic E-state index is 0.0161. The van der Waals surface area contributed by atoms with Crippen molar-refractivity contribution < 1.29 is 4.79 Å². The third kappa shape index (κ3) is 1.88. The van der Waals surface area contributed by atoms with Crippen LogP contribution in [0.5, 0.6) is 0 Å². The number of carbonyl (C=O) groups is 1. The molecule has 0 aliphatic carbocycles. The lowest BCUT2D eigenvalue weighted by Crippen LogP contribution is -2.37. The second kappa shape index (κ2) is 5.53. The number of para-hydroxylation sites is 2. The zero-order valence-electron chi connectivity index (χ0n) is 13.4. The molecule has 24 heavy (non-hydrogen) atoms. The molecule has 0 saturated carbocycles. The van der Waals surface area contributed by atoms with E-state index in [9.17, 15) is 4.79 Å². The standard InChI is InChI=1S/C21H18N2O/c1-22-18-13-7-5-11-16(18)21(15-9-3-2-4-10-15)17-12-6-8-14-19(17)23-20(21)24/h2-14,22H,1H3,(H,23,24). The Kier molecular flexibility index (Phi) is 3.35. The van der Waals surface area contributed by atoms with E-state index >= 15 is 0 Å². The van der Waals surface area contributed by atoms with Crippen LogP contribution in [0.2, 0.25) is 0 Å². The third-order valence-electron chi connectivity index (χ3n) is 4.73. The molecule has 2 N–H and O–H groups in total. The van der Waals surface area contributed by atoms with Crippen LogP contribution in [0.3, 0.4) is 0 Å². The molecule has 0 bridgehead atoms. The summed E-state index contributed by atoms with van der Waals surface area (Å²) in [5.41, 5.74) is 3.89. The maximum absolute atomic E-state index is 13.3. The highest BCUT2D eigenvalue weighted by Gasteiger charge is 2.50. The average molecular weight is 314 g/mol. The number of amides is 1. The van der Waals surface area contributed by atoms with Crippen LogP contribution >= 0.6 is 0 Å². The van der Waals surface area contributed by atoms with Gasteiger partial charge in [0.05, 0.1) is 0 Å². The minimum Gasteiger partial charge on any atom is -0.388 e. The van der Waals surface area contributed by atoms with Gasteiger partial charge in [-0.1, -0.05) is 66.7 Å². The van der Waals surface area contributed by atoms with Crippen LogP contribution in [0.25, 0.3) is 0 Å². The molecule has 0 spiro atoms. The van der Waals surface area contributed by atoms with Gasteiger partial charge in [-0.15, -0.1) is 0 Å². The van der Waals surface area contributed by atoms with Gasteiger partial charge in [-0.25, -0.2) is 0 Å². The van der Waals surface area contributed by atoms with Gasteiger partial charge in [0.1, 0.15) is 5.41 Å². The van der Waals surface area contributed by atoms with Gasteiger partial charge in [0.15, 0.2) is 0 Å². The number of carbonyl (C=O) groups excluding carboxylic acids is 1. The number of benzene rings is 3. The fourth-order valence-corrected chi connectivity index (χ4v) is 3.68. The number of fused-ring (bicyclic) bond motifs is 1. The maximum atomic E-state index is 13.3. The van der Waals surface area contributed by atoms with Crippen molar-refractivity contribution in [1.29, 1.82) is 0 Å². The summed E-state index contributed by atoms with van der Waals surface area (Å²) in [7, 11) is 1.89.